The Morgan fingerprint density at radius 3 is 2.39 bits per heavy atom. The van der Waals surface area contributed by atoms with Gasteiger partial charge in [0.2, 0.25) is 0 Å². The number of carboxylic acid groups (broad SMARTS) is 1. The lowest BCUT2D eigenvalue weighted by Gasteiger charge is -2.18. The number of aryl methyl sites for hydroxylation is 1. The molecule has 18 heavy (non-hydrogen) atoms. The molecule has 8 heteroatoms. The quantitative estimate of drug-likeness (QED) is 0.825. The first kappa shape index (κ1) is 15.1. The smallest absolute Gasteiger partial charge is 0.345 e. The monoisotopic (exact) mass is 293 g/mol. The van der Waals surface area contributed by atoms with Crippen molar-refractivity contribution in [3.63, 3.8) is 0 Å². The predicted octanol–water partition coefficient (Wildman–Crippen LogP) is 1.76. The summed E-state index contributed by atoms with van der Waals surface area (Å²) in [5, 5.41) is 8.81. The lowest BCUT2D eigenvalue weighted by molar-refractivity contribution is -0.0357. The number of rotatable bonds is 4. The van der Waals surface area contributed by atoms with Crippen LogP contribution in [0.4, 0.5) is 0 Å². The van der Waals surface area contributed by atoms with Crippen molar-refractivity contribution in [2.24, 2.45) is 0 Å². The maximum absolute atomic E-state index is 11.9. The van der Waals surface area contributed by atoms with Crippen LogP contribution in [0.3, 0.4) is 0 Å². The van der Waals surface area contributed by atoms with E-state index < -0.39 is 21.6 Å². The fourth-order valence-electron chi connectivity index (χ4n) is 1.06. The molecule has 0 aliphatic rings. The van der Waals surface area contributed by atoms with Gasteiger partial charge in [-0.2, -0.15) is 0 Å². The molecular formula is C10H15NO5S2. The molecule has 1 rings (SSSR count). The molecule has 0 aromatic carbocycles. The summed E-state index contributed by atoms with van der Waals surface area (Å²) in [5.41, 5.74) is -0.674. The molecule has 0 amide bonds. The molecule has 1 aromatic rings. The van der Waals surface area contributed by atoms with Gasteiger partial charge in [0, 0.05) is 4.88 Å². The molecule has 0 fully saturated rings. The summed E-state index contributed by atoms with van der Waals surface area (Å²) in [6, 6.07) is 1.12. The van der Waals surface area contributed by atoms with E-state index in [1.54, 1.807) is 27.7 Å². The topological polar surface area (TPSA) is 92.7 Å². The minimum Gasteiger partial charge on any atom is -0.477 e. The van der Waals surface area contributed by atoms with E-state index in [-0.39, 0.29) is 9.77 Å². The zero-order chi connectivity index (χ0) is 14.1. The molecule has 0 saturated heterocycles. The molecule has 0 saturated carbocycles. The summed E-state index contributed by atoms with van der Waals surface area (Å²) < 4.78 is 23.8. The molecule has 2 N–H and O–H groups in total. The maximum atomic E-state index is 11.9. The lowest BCUT2D eigenvalue weighted by Crippen LogP contribution is -2.33. The zero-order valence-electron chi connectivity index (χ0n) is 10.5. The Bertz CT molecular complexity index is 553. The number of hydrogen-bond donors (Lipinski definition) is 2. The SMILES string of the molecule is Cc1sc(C(=O)O)cc1S(=O)(=O)NOC(C)(C)C. The van der Waals surface area contributed by atoms with Crippen LogP contribution in [0.1, 0.15) is 35.3 Å². The first-order valence-corrected chi connectivity index (χ1v) is 7.36. The van der Waals surface area contributed by atoms with E-state index >= 15 is 0 Å². The van der Waals surface area contributed by atoms with Crippen molar-refractivity contribution >= 4 is 27.3 Å². The molecule has 0 aliphatic carbocycles. The van der Waals surface area contributed by atoms with Gasteiger partial charge in [-0.05, 0) is 33.8 Å². The van der Waals surface area contributed by atoms with Crippen LogP contribution in [-0.4, -0.2) is 25.1 Å². The van der Waals surface area contributed by atoms with Crippen LogP contribution in [0.5, 0.6) is 0 Å². The Labute approximate surface area is 110 Å². The number of thiophene rings is 1. The molecule has 0 spiro atoms. The van der Waals surface area contributed by atoms with E-state index in [1.807, 2.05) is 4.89 Å². The summed E-state index contributed by atoms with van der Waals surface area (Å²) in [6.45, 7) is 6.62. The standard InChI is InChI=1S/C10H15NO5S2/c1-6-8(5-7(17-6)9(12)13)18(14,15)11-16-10(2,3)4/h5,11H,1-4H3,(H,12,13). The van der Waals surface area contributed by atoms with Crippen molar-refractivity contribution in [2.45, 2.75) is 38.2 Å². The number of sulfonamides is 1. The van der Waals surface area contributed by atoms with Gasteiger partial charge in [-0.15, -0.1) is 11.3 Å². The Kier molecular flexibility index (Phi) is 4.16. The number of aromatic carboxylic acids is 1. The minimum atomic E-state index is -3.86. The molecule has 6 nitrogen and oxygen atoms in total. The number of nitrogens with one attached hydrogen (secondary N) is 1. The maximum Gasteiger partial charge on any atom is 0.345 e. The van der Waals surface area contributed by atoms with Crippen molar-refractivity contribution in [3.8, 4) is 0 Å². The van der Waals surface area contributed by atoms with E-state index in [0.29, 0.717) is 4.88 Å². The third-order valence-electron chi connectivity index (χ3n) is 1.83. The van der Waals surface area contributed by atoms with E-state index in [0.717, 1.165) is 17.4 Å². The Morgan fingerprint density at radius 2 is 2.00 bits per heavy atom. The van der Waals surface area contributed by atoms with Crippen molar-refractivity contribution in [3.05, 3.63) is 15.8 Å². The molecule has 0 aliphatic heterocycles. The summed E-state index contributed by atoms with van der Waals surface area (Å²) >= 11 is 0.908. The second-order valence-electron chi connectivity index (χ2n) is 4.64. The Morgan fingerprint density at radius 1 is 1.44 bits per heavy atom. The average molecular weight is 293 g/mol. The minimum absolute atomic E-state index is 0.0244. The van der Waals surface area contributed by atoms with Gasteiger partial charge in [0.05, 0.1) is 10.5 Å². The van der Waals surface area contributed by atoms with Crippen LogP contribution < -0.4 is 4.89 Å². The first-order chi connectivity index (χ1) is 8.03. The van der Waals surface area contributed by atoms with Gasteiger partial charge in [0.25, 0.3) is 10.0 Å². The highest BCUT2D eigenvalue weighted by molar-refractivity contribution is 7.89. The van der Waals surface area contributed by atoms with E-state index in [1.165, 1.54) is 0 Å². The van der Waals surface area contributed by atoms with Crippen molar-refractivity contribution < 1.29 is 23.2 Å². The van der Waals surface area contributed by atoms with Crippen molar-refractivity contribution in [2.75, 3.05) is 0 Å². The van der Waals surface area contributed by atoms with E-state index in [9.17, 15) is 13.2 Å². The van der Waals surface area contributed by atoms with Crippen LogP contribution in [0, 0.1) is 6.92 Å². The second-order valence-corrected chi connectivity index (χ2v) is 7.51. The number of hydrogen-bond acceptors (Lipinski definition) is 5. The highest BCUT2D eigenvalue weighted by Crippen LogP contribution is 2.25. The normalized spacial score (nSPS) is 12.7. The van der Waals surface area contributed by atoms with Crippen molar-refractivity contribution in [1.29, 1.82) is 0 Å². The molecule has 102 valence electrons. The number of carboxylic acids is 1. The highest BCUT2D eigenvalue weighted by atomic mass is 32.2. The molecule has 1 heterocycles. The molecular weight excluding hydrogens is 278 g/mol. The third kappa shape index (κ3) is 3.77. The van der Waals surface area contributed by atoms with Gasteiger partial charge in [0.1, 0.15) is 4.88 Å². The van der Waals surface area contributed by atoms with E-state index in [4.69, 9.17) is 9.94 Å². The average Bonchev–Trinajstić information content (AvgIpc) is 2.57. The Hall–Kier alpha value is -0.960. The van der Waals surface area contributed by atoms with Gasteiger partial charge in [-0.1, -0.05) is 4.89 Å². The van der Waals surface area contributed by atoms with Crippen molar-refractivity contribution in [1.82, 2.24) is 4.89 Å². The first-order valence-electron chi connectivity index (χ1n) is 5.06. The summed E-state index contributed by atoms with van der Waals surface area (Å²) in [4.78, 5) is 18.1. The van der Waals surface area contributed by atoms with Gasteiger partial charge >= 0.3 is 5.97 Å². The largest absolute Gasteiger partial charge is 0.477 e. The summed E-state index contributed by atoms with van der Waals surface area (Å²) in [6.07, 6.45) is 0. The summed E-state index contributed by atoms with van der Waals surface area (Å²) in [5.74, 6) is -1.15. The second kappa shape index (κ2) is 4.96. The number of carbonyl (C=O) groups is 1. The molecule has 1 aromatic heterocycles. The molecule has 0 bridgehead atoms. The van der Waals surface area contributed by atoms with Crippen LogP contribution in [0.25, 0.3) is 0 Å². The summed E-state index contributed by atoms with van der Waals surface area (Å²) in [7, 11) is -3.86. The molecule has 0 unspecified atom stereocenters. The predicted molar refractivity (Wildman–Crippen MR) is 67.2 cm³/mol. The zero-order valence-corrected chi connectivity index (χ0v) is 12.1. The Balaban J connectivity index is 3.02. The fraction of sp³-hybridized carbons (Fsp3) is 0.500. The lowest BCUT2D eigenvalue weighted by atomic mass is 10.2. The van der Waals surface area contributed by atoms with Gasteiger partial charge in [0.15, 0.2) is 0 Å². The van der Waals surface area contributed by atoms with Gasteiger partial charge < -0.3 is 5.11 Å². The van der Waals surface area contributed by atoms with Crippen LogP contribution in [0.2, 0.25) is 0 Å². The third-order valence-corrected chi connectivity index (χ3v) is 4.30. The molecule has 0 radical (unpaired) electrons. The van der Waals surface area contributed by atoms with Gasteiger partial charge in [-0.3, -0.25) is 4.84 Å². The fourth-order valence-corrected chi connectivity index (χ4v) is 3.45. The highest BCUT2D eigenvalue weighted by Gasteiger charge is 2.24. The van der Waals surface area contributed by atoms with Crippen LogP contribution >= 0.6 is 11.3 Å². The van der Waals surface area contributed by atoms with Crippen LogP contribution in [0.15, 0.2) is 11.0 Å². The molecule has 0 atom stereocenters. The van der Waals surface area contributed by atoms with E-state index in [2.05, 4.69) is 0 Å². The van der Waals surface area contributed by atoms with Crippen LogP contribution in [-0.2, 0) is 14.9 Å². The van der Waals surface area contributed by atoms with Gasteiger partial charge in [-0.25, -0.2) is 13.2 Å².